The SMILES string of the molecule is O=C(OCC(O)O)C12CC3CC(CC(C3)C1)C2. The van der Waals surface area contributed by atoms with Crippen molar-refractivity contribution in [1.29, 1.82) is 0 Å². The fraction of sp³-hybridized carbons (Fsp3) is 0.923. The summed E-state index contributed by atoms with van der Waals surface area (Å²) in [4.78, 5) is 12.2. The summed E-state index contributed by atoms with van der Waals surface area (Å²) in [7, 11) is 0. The van der Waals surface area contributed by atoms with Gasteiger partial charge in [0.2, 0.25) is 0 Å². The number of esters is 1. The lowest BCUT2D eigenvalue weighted by atomic mass is 9.49. The smallest absolute Gasteiger partial charge is 0.312 e. The fourth-order valence-electron chi connectivity index (χ4n) is 4.66. The molecule has 4 aliphatic carbocycles. The van der Waals surface area contributed by atoms with Gasteiger partial charge in [-0.15, -0.1) is 0 Å². The van der Waals surface area contributed by atoms with Crippen molar-refractivity contribution in [2.24, 2.45) is 23.2 Å². The minimum atomic E-state index is -1.55. The zero-order valence-electron chi connectivity index (χ0n) is 9.97. The van der Waals surface area contributed by atoms with Crippen LogP contribution in [-0.4, -0.2) is 29.1 Å². The van der Waals surface area contributed by atoms with Crippen molar-refractivity contribution in [3.8, 4) is 0 Å². The van der Waals surface area contributed by atoms with E-state index in [2.05, 4.69) is 0 Å². The lowest BCUT2D eigenvalue weighted by Gasteiger charge is -2.55. The number of rotatable bonds is 3. The second-order valence-corrected chi connectivity index (χ2v) is 6.28. The van der Waals surface area contributed by atoms with Crippen LogP contribution < -0.4 is 0 Å². The highest BCUT2D eigenvalue weighted by molar-refractivity contribution is 5.77. The number of aliphatic hydroxyl groups is 2. The van der Waals surface area contributed by atoms with Gasteiger partial charge >= 0.3 is 5.97 Å². The molecule has 0 aromatic heterocycles. The van der Waals surface area contributed by atoms with Crippen LogP contribution in [0.1, 0.15) is 38.5 Å². The summed E-state index contributed by atoms with van der Waals surface area (Å²) in [6.07, 6.45) is 5.19. The Labute approximate surface area is 101 Å². The molecule has 0 heterocycles. The number of hydrogen-bond donors (Lipinski definition) is 2. The van der Waals surface area contributed by atoms with E-state index in [4.69, 9.17) is 14.9 Å². The summed E-state index contributed by atoms with van der Waals surface area (Å²) >= 11 is 0. The summed E-state index contributed by atoms with van der Waals surface area (Å²) in [6, 6.07) is 0. The van der Waals surface area contributed by atoms with Crippen LogP contribution in [0.5, 0.6) is 0 Å². The second kappa shape index (κ2) is 3.95. The van der Waals surface area contributed by atoms with Crippen molar-refractivity contribution < 1.29 is 19.7 Å². The normalized spacial score (nSPS) is 43.1. The van der Waals surface area contributed by atoms with Gasteiger partial charge in [0.25, 0.3) is 0 Å². The molecule has 0 unspecified atom stereocenters. The molecule has 0 aliphatic heterocycles. The average Bonchev–Trinajstić information content (AvgIpc) is 2.23. The monoisotopic (exact) mass is 240 g/mol. The third-order valence-electron chi connectivity index (χ3n) is 4.83. The standard InChI is InChI=1S/C13H20O4/c14-11(15)7-17-12(16)13-4-8-1-9(5-13)3-10(2-8)6-13/h8-11,14-15H,1-7H2. The summed E-state index contributed by atoms with van der Waals surface area (Å²) in [5, 5.41) is 17.5. The third-order valence-corrected chi connectivity index (χ3v) is 4.83. The minimum absolute atomic E-state index is 0.190. The molecule has 0 radical (unpaired) electrons. The molecule has 4 bridgehead atoms. The molecule has 96 valence electrons. The van der Waals surface area contributed by atoms with Crippen LogP contribution in [-0.2, 0) is 9.53 Å². The van der Waals surface area contributed by atoms with Gasteiger partial charge < -0.3 is 14.9 Å². The Morgan fingerprint density at radius 2 is 1.59 bits per heavy atom. The molecule has 0 atom stereocenters. The van der Waals surface area contributed by atoms with E-state index < -0.39 is 6.29 Å². The van der Waals surface area contributed by atoms with E-state index in [9.17, 15) is 4.79 Å². The minimum Gasteiger partial charge on any atom is -0.460 e. The molecule has 4 fully saturated rings. The van der Waals surface area contributed by atoms with E-state index in [0.29, 0.717) is 17.8 Å². The van der Waals surface area contributed by atoms with E-state index in [1.165, 1.54) is 19.3 Å². The molecule has 0 amide bonds. The van der Waals surface area contributed by atoms with Gasteiger partial charge in [-0.3, -0.25) is 4.79 Å². The zero-order chi connectivity index (χ0) is 12.0. The average molecular weight is 240 g/mol. The molecule has 4 saturated carbocycles. The van der Waals surface area contributed by atoms with E-state index in [-0.39, 0.29) is 18.0 Å². The van der Waals surface area contributed by atoms with Crippen molar-refractivity contribution >= 4 is 5.97 Å². The maximum atomic E-state index is 12.2. The first-order valence-electron chi connectivity index (χ1n) is 6.61. The highest BCUT2D eigenvalue weighted by Gasteiger charge is 2.55. The van der Waals surface area contributed by atoms with Gasteiger partial charge in [0.1, 0.15) is 6.61 Å². The number of aliphatic hydroxyl groups excluding tert-OH is 1. The number of carbonyl (C=O) groups is 1. The predicted molar refractivity (Wildman–Crippen MR) is 59.8 cm³/mol. The molecular weight excluding hydrogens is 220 g/mol. The van der Waals surface area contributed by atoms with Crippen LogP contribution >= 0.6 is 0 Å². The van der Waals surface area contributed by atoms with Crippen molar-refractivity contribution in [3.63, 3.8) is 0 Å². The van der Waals surface area contributed by atoms with Crippen molar-refractivity contribution in [2.75, 3.05) is 6.61 Å². The molecule has 4 rings (SSSR count). The van der Waals surface area contributed by atoms with Gasteiger partial charge in [-0.25, -0.2) is 0 Å². The zero-order valence-corrected chi connectivity index (χ0v) is 9.97. The van der Waals surface area contributed by atoms with Crippen LogP contribution in [0.15, 0.2) is 0 Å². The van der Waals surface area contributed by atoms with Gasteiger partial charge in [-0.05, 0) is 56.3 Å². The highest BCUT2D eigenvalue weighted by atomic mass is 16.6. The molecule has 4 aliphatic rings. The highest BCUT2D eigenvalue weighted by Crippen LogP contribution is 2.60. The van der Waals surface area contributed by atoms with Crippen LogP contribution in [0.4, 0.5) is 0 Å². The first-order chi connectivity index (χ1) is 8.07. The Morgan fingerprint density at radius 3 is 2.00 bits per heavy atom. The Kier molecular flexibility index (Phi) is 2.67. The summed E-state index contributed by atoms with van der Waals surface area (Å²) in [5.41, 5.74) is -0.288. The van der Waals surface area contributed by atoms with Gasteiger partial charge in [0.15, 0.2) is 6.29 Å². The summed E-state index contributed by atoms with van der Waals surface area (Å²) in [6.45, 7) is -0.291. The lowest BCUT2D eigenvalue weighted by Crippen LogP contribution is -2.50. The Bertz CT molecular complexity index is 288. The summed E-state index contributed by atoms with van der Waals surface area (Å²) < 4.78 is 5.05. The quantitative estimate of drug-likeness (QED) is 0.572. The number of ether oxygens (including phenoxy) is 1. The van der Waals surface area contributed by atoms with Crippen LogP contribution in [0.25, 0.3) is 0 Å². The maximum absolute atomic E-state index is 12.2. The van der Waals surface area contributed by atoms with E-state index in [0.717, 1.165) is 19.3 Å². The largest absolute Gasteiger partial charge is 0.460 e. The molecule has 17 heavy (non-hydrogen) atoms. The molecule has 0 saturated heterocycles. The predicted octanol–water partition coefficient (Wildman–Crippen LogP) is 1.06. The number of carbonyl (C=O) groups excluding carboxylic acids is 1. The van der Waals surface area contributed by atoms with Crippen molar-refractivity contribution in [3.05, 3.63) is 0 Å². The molecule has 4 heteroatoms. The molecule has 0 aromatic rings. The third kappa shape index (κ3) is 1.97. The molecular formula is C13H20O4. The Hall–Kier alpha value is -0.610. The maximum Gasteiger partial charge on any atom is 0.312 e. The Morgan fingerprint density at radius 1 is 1.12 bits per heavy atom. The van der Waals surface area contributed by atoms with Gasteiger partial charge in [0, 0.05) is 0 Å². The van der Waals surface area contributed by atoms with Gasteiger partial charge in [-0.2, -0.15) is 0 Å². The van der Waals surface area contributed by atoms with Crippen LogP contribution in [0.3, 0.4) is 0 Å². The molecule has 4 nitrogen and oxygen atoms in total. The molecule has 0 spiro atoms. The Balaban J connectivity index is 1.71. The second-order valence-electron chi connectivity index (χ2n) is 6.28. The van der Waals surface area contributed by atoms with Gasteiger partial charge in [-0.1, -0.05) is 0 Å². The van der Waals surface area contributed by atoms with E-state index in [1.54, 1.807) is 0 Å². The first kappa shape index (κ1) is 11.5. The van der Waals surface area contributed by atoms with Crippen molar-refractivity contribution in [2.45, 2.75) is 44.8 Å². The molecule has 0 aromatic carbocycles. The van der Waals surface area contributed by atoms with Crippen LogP contribution in [0.2, 0.25) is 0 Å². The van der Waals surface area contributed by atoms with Crippen molar-refractivity contribution in [1.82, 2.24) is 0 Å². The topological polar surface area (TPSA) is 66.8 Å². The van der Waals surface area contributed by atoms with Crippen LogP contribution in [0, 0.1) is 23.2 Å². The lowest BCUT2D eigenvalue weighted by molar-refractivity contribution is -0.181. The van der Waals surface area contributed by atoms with E-state index in [1.807, 2.05) is 0 Å². The number of hydrogen-bond acceptors (Lipinski definition) is 4. The molecule has 2 N–H and O–H groups in total. The van der Waals surface area contributed by atoms with E-state index >= 15 is 0 Å². The van der Waals surface area contributed by atoms with Gasteiger partial charge in [0.05, 0.1) is 5.41 Å². The first-order valence-corrected chi connectivity index (χ1v) is 6.61. The fourth-order valence-corrected chi connectivity index (χ4v) is 4.66. The summed E-state index contributed by atoms with van der Waals surface area (Å²) in [5.74, 6) is 1.92.